The first-order valence-electron chi connectivity index (χ1n) is 11.2. The molecule has 4 rings (SSSR count). The van der Waals surface area contributed by atoms with Crippen molar-refractivity contribution in [2.75, 3.05) is 20.2 Å². The first-order valence-corrected chi connectivity index (χ1v) is 12.0. The molecule has 2 saturated carbocycles. The SMILES string of the molecule is COC1(c2ccc(C(N)=O)s2)C2CCCC1CC(N1CCNC1=O)C2.O=C(O)CC(O)C(=O)O. The minimum atomic E-state index is -1.79. The molecule has 3 amide bonds. The topological polar surface area (TPSA) is 179 Å². The van der Waals surface area contributed by atoms with Gasteiger partial charge in [0.05, 0.1) is 11.3 Å². The second-order valence-electron chi connectivity index (χ2n) is 8.85. The number of carboxylic acid groups (broad SMARTS) is 2. The Bertz CT molecular complexity index is 921. The van der Waals surface area contributed by atoms with E-state index in [0.717, 1.165) is 43.6 Å². The van der Waals surface area contributed by atoms with Crippen LogP contribution in [0.4, 0.5) is 4.79 Å². The van der Waals surface area contributed by atoms with Crippen molar-refractivity contribution in [3.63, 3.8) is 0 Å². The third-order valence-corrected chi connectivity index (χ3v) is 8.22. The van der Waals surface area contributed by atoms with Gasteiger partial charge in [-0.05, 0) is 49.7 Å². The van der Waals surface area contributed by atoms with Crippen LogP contribution in [0, 0.1) is 11.8 Å². The summed E-state index contributed by atoms with van der Waals surface area (Å²) in [6.45, 7) is 1.54. The predicted octanol–water partition coefficient (Wildman–Crippen LogP) is 1.20. The van der Waals surface area contributed by atoms with E-state index in [9.17, 15) is 19.2 Å². The second-order valence-corrected chi connectivity index (χ2v) is 9.94. The van der Waals surface area contributed by atoms with Gasteiger partial charge >= 0.3 is 18.0 Å². The highest BCUT2D eigenvalue weighted by Gasteiger charge is 2.55. The number of nitrogens with one attached hydrogen (secondary N) is 1. The largest absolute Gasteiger partial charge is 0.481 e. The lowest BCUT2D eigenvalue weighted by molar-refractivity contribution is -0.161. The standard InChI is InChI=1S/C18H25N3O3S.C4H6O5/c1-24-18(15-6-5-14(25-15)16(19)22)11-3-2-4-12(18)10-13(9-11)21-8-7-20-17(21)23;5-2(4(8)9)1-3(6)7/h5-6,11-13H,2-4,7-10H2,1H3,(H2,19,22)(H,20,23);2,5H,1H2,(H,6,7)(H,8,9). The van der Waals surface area contributed by atoms with Gasteiger partial charge in [0.1, 0.15) is 5.60 Å². The van der Waals surface area contributed by atoms with Gasteiger partial charge in [0.2, 0.25) is 0 Å². The monoisotopic (exact) mass is 497 g/mol. The van der Waals surface area contributed by atoms with E-state index in [1.807, 2.05) is 17.0 Å². The summed E-state index contributed by atoms with van der Waals surface area (Å²) in [6, 6.07) is 4.19. The number of primary amides is 1. The van der Waals surface area contributed by atoms with Crippen LogP contribution in [0.5, 0.6) is 0 Å². The molecule has 1 saturated heterocycles. The average molecular weight is 498 g/mol. The number of nitrogens with zero attached hydrogens (tertiary/aromatic N) is 1. The van der Waals surface area contributed by atoms with E-state index in [1.54, 1.807) is 7.11 Å². The molecule has 188 valence electrons. The molecule has 0 radical (unpaired) electrons. The van der Waals surface area contributed by atoms with Crippen LogP contribution < -0.4 is 11.1 Å². The molecule has 2 aliphatic carbocycles. The smallest absolute Gasteiger partial charge is 0.333 e. The van der Waals surface area contributed by atoms with Crippen LogP contribution in [0.15, 0.2) is 12.1 Å². The summed E-state index contributed by atoms with van der Waals surface area (Å²) in [5.41, 5.74) is 5.11. The lowest BCUT2D eigenvalue weighted by atomic mass is 9.59. The number of amides is 3. The molecule has 0 aromatic carbocycles. The molecule has 1 aromatic rings. The molecule has 34 heavy (non-hydrogen) atoms. The Morgan fingerprint density at radius 2 is 1.91 bits per heavy atom. The molecule has 0 spiro atoms. The fourth-order valence-electron chi connectivity index (χ4n) is 5.57. The van der Waals surface area contributed by atoms with Gasteiger partial charge in [-0.15, -0.1) is 11.3 Å². The van der Waals surface area contributed by atoms with Gasteiger partial charge in [0, 0.05) is 31.1 Å². The van der Waals surface area contributed by atoms with Gasteiger partial charge in [0.25, 0.3) is 5.91 Å². The normalized spacial score (nSPS) is 28.9. The molecule has 3 atom stereocenters. The van der Waals surface area contributed by atoms with Gasteiger partial charge in [-0.3, -0.25) is 9.59 Å². The number of aliphatic carboxylic acids is 2. The summed E-state index contributed by atoms with van der Waals surface area (Å²) in [7, 11) is 1.79. The van der Waals surface area contributed by atoms with E-state index in [1.165, 1.54) is 17.8 Å². The highest BCUT2D eigenvalue weighted by Crippen LogP contribution is 2.57. The molecule has 3 unspecified atom stereocenters. The van der Waals surface area contributed by atoms with Crippen LogP contribution in [0.25, 0.3) is 0 Å². The van der Waals surface area contributed by atoms with Crippen LogP contribution in [0.1, 0.15) is 53.1 Å². The van der Waals surface area contributed by atoms with Gasteiger partial charge in [0.15, 0.2) is 6.10 Å². The molecule has 6 N–H and O–H groups in total. The number of ether oxygens (including phenoxy) is 1. The highest BCUT2D eigenvalue weighted by molar-refractivity contribution is 7.14. The van der Waals surface area contributed by atoms with Crippen molar-refractivity contribution < 1.29 is 39.2 Å². The minimum absolute atomic E-state index is 0.0696. The van der Waals surface area contributed by atoms with E-state index in [-0.39, 0.29) is 23.6 Å². The number of nitrogens with two attached hydrogens (primary N) is 1. The van der Waals surface area contributed by atoms with Crippen molar-refractivity contribution in [3.05, 3.63) is 21.9 Å². The Labute approximate surface area is 200 Å². The third kappa shape index (κ3) is 5.18. The first kappa shape index (κ1) is 25.9. The van der Waals surface area contributed by atoms with Gasteiger partial charge in [-0.25, -0.2) is 9.59 Å². The molecule has 12 heteroatoms. The number of carbonyl (C=O) groups excluding carboxylic acids is 2. The van der Waals surface area contributed by atoms with E-state index in [4.69, 9.17) is 25.8 Å². The maximum atomic E-state index is 12.1. The summed E-state index contributed by atoms with van der Waals surface area (Å²) in [5, 5.41) is 27.1. The van der Waals surface area contributed by atoms with Crippen LogP contribution in [-0.2, 0) is 19.9 Å². The summed E-state index contributed by atoms with van der Waals surface area (Å²) in [4.78, 5) is 46.8. The average Bonchev–Trinajstić information content (AvgIpc) is 3.42. The van der Waals surface area contributed by atoms with Crippen molar-refractivity contribution in [1.29, 1.82) is 0 Å². The molecule has 1 aliphatic heterocycles. The summed E-state index contributed by atoms with van der Waals surface area (Å²) >= 11 is 1.47. The maximum Gasteiger partial charge on any atom is 0.333 e. The number of aliphatic hydroxyl groups excluding tert-OH is 1. The molecule has 2 heterocycles. The van der Waals surface area contributed by atoms with Crippen LogP contribution in [-0.4, -0.2) is 76.4 Å². The van der Waals surface area contributed by atoms with Gasteiger partial charge < -0.3 is 36.0 Å². The minimum Gasteiger partial charge on any atom is -0.481 e. The molecular weight excluding hydrogens is 466 g/mol. The van der Waals surface area contributed by atoms with E-state index >= 15 is 0 Å². The number of fused-ring (bicyclic) bond motifs is 2. The van der Waals surface area contributed by atoms with Crippen LogP contribution in [0.2, 0.25) is 0 Å². The predicted molar refractivity (Wildman–Crippen MR) is 121 cm³/mol. The summed E-state index contributed by atoms with van der Waals surface area (Å²) in [6.07, 6.45) is 2.77. The second kappa shape index (κ2) is 10.7. The Kier molecular flexibility index (Phi) is 8.16. The highest BCUT2D eigenvalue weighted by atomic mass is 32.1. The Hall–Kier alpha value is -2.70. The zero-order valence-corrected chi connectivity index (χ0v) is 19.8. The number of hydrogen-bond acceptors (Lipinski definition) is 7. The summed E-state index contributed by atoms with van der Waals surface area (Å²) in [5.74, 6) is -2.50. The number of urea groups is 1. The van der Waals surface area contributed by atoms with Crippen molar-refractivity contribution >= 4 is 35.2 Å². The first-order chi connectivity index (χ1) is 16.1. The lowest BCUT2D eigenvalue weighted by Gasteiger charge is -2.54. The Morgan fingerprint density at radius 3 is 2.32 bits per heavy atom. The third-order valence-electron chi connectivity index (χ3n) is 6.99. The van der Waals surface area contributed by atoms with Crippen molar-refractivity contribution in [2.24, 2.45) is 17.6 Å². The number of carboxylic acids is 2. The molecule has 3 fully saturated rings. The Balaban J connectivity index is 0.000000309. The number of aliphatic hydroxyl groups is 1. The zero-order valence-electron chi connectivity index (χ0n) is 18.9. The van der Waals surface area contributed by atoms with E-state index < -0.39 is 24.5 Å². The van der Waals surface area contributed by atoms with Crippen molar-refractivity contribution in [2.45, 2.75) is 56.3 Å². The number of thiophene rings is 1. The number of hydrogen-bond donors (Lipinski definition) is 5. The number of rotatable bonds is 7. The molecular formula is C22H31N3O8S. The van der Waals surface area contributed by atoms with Crippen LogP contribution >= 0.6 is 11.3 Å². The molecule has 11 nitrogen and oxygen atoms in total. The molecule has 3 aliphatic rings. The quantitative estimate of drug-likeness (QED) is 0.373. The summed E-state index contributed by atoms with van der Waals surface area (Å²) < 4.78 is 6.20. The van der Waals surface area contributed by atoms with Gasteiger partial charge in [-0.2, -0.15) is 0 Å². The lowest BCUT2D eigenvalue weighted by Crippen LogP contribution is -2.56. The van der Waals surface area contributed by atoms with Crippen molar-refractivity contribution in [1.82, 2.24) is 10.2 Å². The maximum absolute atomic E-state index is 12.1. The molecule has 2 bridgehead atoms. The number of methoxy groups -OCH3 is 1. The fourth-order valence-corrected chi connectivity index (χ4v) is 6.76. The fraction of sp³-hybridized carbons (Fsp3) is 0.636. The Morgan fingerprint density at radius 1 is 1.26 bits per heavy atom. The molecule has 1 aromatic heterocycles. The van der Waals surface area contributed by atoms with Crippen molar-refractivity contribution in [3.8, 4) is 0 Å². The zero-order chi connectivity index (χ0) is 25.0. The van der Waals surface area contributed by atoms with E-state index in [2.05, 4.69) is 5.32 Å². The van der Waals surface area contributed by atoms with Crippen LogP contribution in [0.3, 0.4) is 0 Å². The van der Waals surface area contributed by atoms with E-state index in [0.29, 0.717) is 16.7 Å². The van der Waals surface area contributed by atoms with Gasteiger partial charge in [-0.1, -0.05) is 6.42 Å². The number of carbonyl (C=O) groups is 4.